The Hall–Kier alpha value is -1.52. The second-order valence-corrected chi connectivity index (χ2v) is 5.27. The molecule has 0 radical (unpaired) electrons. The maximum atomic E-state index is 13.4. The maximum Gasteiger partial charge on any atom is 0.142 e. The Morgan fingerprint density at radius 3 is 2.83 bits per heavy atom. The van der Waals surface area contributed by atoms with Crippen molar-refractivity contribution < 1.29 is 4.39 Å². The van der Waals surface area contributed by atoms with E-state index in [9.17, 15) is 4.39 Å². The van der Waals surface area contributed by atoms with Crippen LogP contribution in [-0.2, 0) is 0 Å². The molecule has 0 amide bonds. The summed E-state index contributed by atoms with van der Waals surface area (Å²) in [7, 11) is 0. The normalized spacial score (nSPS) is 11.1. The molecule has 0 saturated carbocycles. The van der Waals surface area contributed by atoms with E-state index < -0.39 is 5.82 Å². The fraction of sp³-hybridized carbons (Fsp3) is 0.0769. The zero-order chi connectivity index (χ0) is 12.7. The molecule has 2 heterocycles. The van der Waals surface area contributed by atoms with Gasteiger partial charge in [-0.05, 0) is 30.7 Å². The van der Waals surface area contributed by atoms with Gasteiger partial charge in [-0.2, -0.15) is 0 Å². The molecule has 0 bridgehead atoms. The molecule has 0 fully saturated rings. The maximum absolute atomic E-state index is 13.4. The Morgan fingerprint density at radius 1 is 1.28 bits per heavy atom. The number of thiazole rings is 1. The predicted octanol–water partition coefficient (Wildman–Crippen LogP) is 4.46. The number of hydrogen-bond acceptors (Lipinski definition) is 3. The van der Waals surface area contributed by atoms with Gasteiger partial charge in [0.2, 0.25) is 0 Å². The van der Waals surface area contributed by atoms with Crippen LogP contribution in [0.4, 0.5) is 4.39 Å². The number of hydrogen-bond donors (Lipinski definition) is 0. The van der Waals surface area contributed by atoms with Gasteiger partial charge in [0.1, 0.15) is 5.82 Å². The monoisotopic (exact) mass is 278 g/mol. The second kappa shape index (κ2) is 4.30. The minimum Gasteiger partial charge on any atom is -0.252 e. The minimum absolute atomic E-state index is 0.0934. The van der Waals surface area contributed by atoms with Gasteiger partial charge in [0.05, 0.1) is 26.6 Å². The molecule has 0 saturated heterocycles. The third kappa shape index (κ3) is 1.87. The summed E-state index contributed by atoms with van der Waals surface area (Å²) in [6, 6.07) is 4.92. The lowest BCUT2D eigenvalue weighted by Crippen LogP contribution is -1.89. The average Bonchev–Trinajstić information content (AvgIpc) is 2.85. The third-order valence-electron chi connectivity index (χ3n) is 2.74. The van der Waals surface area contributed by atoms with E-state index in [1.807, 2.05) is 13.0 Å². The SMILES string of the molecule is Cc1cc(-c2cncs2)nc2cc(Cl)c(F)cc12. The van der Waals surface area contributed by atoms with E-state index in [1.165, 1.54) is 17.4 Å². The van der Waals surface area contributed by atoms with Crippen LogP contribution < -0.4 is 0 Å². The molecule has 5 heteroatoms. The largest absolute Gasteiger partial charge is 0.252 e. The van der Waals surface area contributed by atoms with Crippen molar-refractivity contribution in [1.82, 2.24) is 9.97 Å². The first-order valence-corrected chi connectivity index (χ1v) is 6.56. The number of nitrogens with zero attached hydrogens (tertiary/aromatic N) is 2. The van der Waals surface area contributed by atoms with Crippen LogP contribution in [0.5, 0.6) is 0 Å². The van der Waals surface area contributed by atoms with E-state index >= 15 is 0 Å². The van der Waals surface area contributed by atoms with Crippen molar-refractivity contribution in [3.63, 3.8) is 0 Å². The molecule has 2 aromatic heterocycles. The molecular weight excluding hydrogens is 271 g/mol. The van der Waals surface area contributed by atoms with Gasteiger partial charge in [-0.25, -0.2) is 9.37 Å². The lowest BCUT2D eigenvalue weighted by atomic mass is 10.1. The predicted molar refractivity (Wildman–Crippen MR) is 72.6 cm³/mol. The summed E-state index contributed by atoms with van der Waals surface area (Å²) in [5.74, 6) is -0.417. The Balaban J connectivity index is 2.30. The quantitative estimate of drug-likeness (QED) is 0.657. The van der Waals surface area contributed by atoms with E-state index in [2.05, 4.69) is 9.97 Å². The van der Waals surface area contributed by atoms with Crippen LogP contribution in [0.2, 0.25) is 5.02 Å². The molecule has 0 spiro atoms. The Kier molecular flexibility index (Phi) is 2.76. The Bertz CT molecular complexity index is 725. The van der Waals surface area contributed by atoms with Gasteiger partial charge in [-0.1, -0.05) is 11.6 Å². The number of aromatic nitrogens is 2. The first-order chi connectivity index (χ1) is 8.65. The molecule has 0 aliphatic rings. The van der Waals surface area contributed by atoms with Crippen molar-refractivity contribution in [3.8, 4) is 10.6 Å². The lowest BCUT2D eigenvalue weighted by Gasteiger charge is -2.06. The van der Waals surface area contributed by atoms with Gasteiger partial charge in [0, 0.05) is 11.6 Å². The molecule has 0 aliphatic heterocycles. The standard InChI is InChI=1S/C13H8ClFN2S/c1-7-2-12(13-5-16-6-18-13)17-11-4-9(14)10(15)3-8(7)11/h2-6H,1H3. The van der Waals surface area contributed by atoms with Crippen molar-refractivity contribution in [1.29, 1.82) is 0 Å². The molecule has 0 unspecified atom stereocenters. The Morgan fingerprint density at radius 2 is 2.11 bits per heavy atom. The molecule has 3 rings (SSSR count). The van der Waals surface area contributed by atoms with Gasteiger partial charge >= 0.3 is 0 Å². The molecule has 0 N–H and O–H groups in total. The highest BCUT2D eigenvalue weighted by Gasteiger charge is 2.09. The number of fused-ring (bicyclic) bond motifs is 1. The number of pyridine rings is 1. The molecular formula is C13H8ClFN2S. The van der Waals surface area contributed by atoms with Crippen LogP contribution in [0.25, 0.3) is 21.5 Å². The number of benzene rings is 1. The van der Waals surface area contributed by atoms with Crippen LogP contribution in [0.3, 0.4) is 0 Å². The van der Waals surface area contributed by atoms with E-state index in [0.29, 0.717) is 5.52 Å². The highest BCUT2D eigenvalue weighted by molar-refractivity contribution is 7.13. The fourth-order valence-corrected chi connectivity index (χ4v) is 2.60. The summed E-state index contributed by atoms with van der Waals surface area (Å²) in [6.45, 7) is 1.93. The first-order valence-electron chi connectivity index (χ1n) is 5.30. The molecule has 1 aromatic carbocycles. The fourth-order valence-electron chi connectivity index (χ4n) is 1.86. The molecule has 0 aliphatic carbocycles. The van der Waals surface area contributed by atoms with Gasteiger partial charge < -0.3 is 0 Å². The van der Waals surface area contributed by atoms with Gasteiger partial charge in [-0.15, -0.1) is 11.3 Å². The van der Waals surface area contributed by atoms with E-state index in [0.717, 1.165) is 21.5 Å². The summed E-state index contributed by atoms with van der Waals surface area (Å²) < 4.78 is 13.4. The highest BCUT2D eigenvalue weighted by atomic mass is 35.5. The summed E-state index contributed by atoms with van der Waals surface area (Å²) in [5, 5.41) is 0.876. The highest BCUT2D eigenvalue weighted by Crippen LogP contribution is 2.29. The Labute approximate surface area is 112 Å². The zero-order valence-electron chi connectivity index (χ0n) is 9.45. The van der Waals surface area contributed by atoms with E-state index in [-0.39, 0.29) is 5.02 Å². The topological polar surface area (TPSA) is 25.8 Å². The average molecular weight is 279 g/mol. The van der Waals surface area contributed by atoms with Crippen molar-refractivity contribution >= 4 is 33.8 Å². The number of halogens is 2. The van der Waals surface area contributed by atoms with Gasteiger partial charge in [0.25, 0.3) is 0 Å². The number of rotatable bonds is 1. The lowest BCUT2D eigenvalue weighted by molar-refractivity contribution is 0.630. The second-order valence-electron chi connectivity index (χ2n) is 3.97. The molecule has 2 nitrogen and oxygen atoms in total. The van der Waals surface area contributed by atoms with E-state index in [1.54, 1.807) is 17.8 Å². The molecule has 18 heavy (non-hydrogen) atoms. The van der Waals surface area contributed by atoms with Crippen molar-refractivity contribution in [2.24, 2.45) is 0 Å². The van der Waals surface area contributed by atoms with Gasteiger partial charge in [0.15, 0.2) is 0 Å². The van der Waals surface area contributed by atoms with Crippen LogP contribution in [0.15, 0.2) is 29.9 Å². The summed E-state index contributed by atoms with van der Waals surface area (Å²) in [5.41, 5.74) is 4.27. The van der Waals surface area contributed by atoms with Crippen LogP contribution >= 0.6 is 22.9 Å². The van der Waals surface area contributed by atoms with Crippen LogP contribution in [0.1, 0.15) is 5.56 Å². The number of aryl methyl sites for hydroxylation is 1. The van der Waals surface area contributed by atoms with Crippen molar-refractivity contribution in [3.05, 3.63) is 46.3 Å². The van der Waals surface area contributed by atoms with Gasteiger partial charge in [-0.3, -0.25) is 4.98 Å². The van der Waals surface area contributed by atoms with Crippen molar-refractivity contribution in [2.75, 3.05) is 0 Å². The molecule has 0 atom stereocenters. The van der Waals surface area contributed by atoms with Crippen LogP contribution in [-0.4, -0.2) is 9.97 Å². The van der Waals surface area contributed by atoms with Crippen molar-refractivity contribution in [2.45, 2.75) is 6.92 Å². The molecule has 90 valence electrons. The molecule has 3 aromatic rings. The van der Waals surface area contributed by atoms with E-state index in [4.69, 9.17) is 11.6 Å². The zero-order valence-corrected chi connectivity index (χ0v) is 11.0. The summed E-state index contributed by atoms with van der Waals surface area (Å²) in [6.07, 6.45) is 1.77. The smallest absolute Gasteiger partial charge is 0.142 e. The summed E-state index contributed by atoms with van der Waals surface area (Å²) >= 11 is 7.31. The third-order valence-corrected chi connectivity index (χ3v) is 3.83. The van der Waals surface area contributed by atoms with Crippen LogP contribution in [0, 0.1) is 12.7 Å². The first kappa shape index (κ1) is 11.6. The minimum atomic E-state index is -0.417. The summed E-state index contributed by atoms with van der Waals surface area (Å²) in [4.78, 5) is 9.52.